The van der Waals surface area contributed by atoms with Gasteiger partial charge in [0, 0.05) is 5.41 Å². The number of fused-ring (bicyclic) bond motifs is 5. The lowest BCUT2D eigenvalue weighted by Gasteiger charge is -2.44. The Balaban J connectivity index is 1.78. The van der Waals surface area contributed by atoms with E-state index in [4.69, 9.17) is 0 Å². The first kappa shape index (κ1) is 18.0. The van der Waals surface area contributed by atoms with E-state index in [2.05, 4.69) is 57.7 Å². The Morgan fingerprint density at radius 3 is 2.75 bits per heavy atom. The highest BCUT2D eigenvalue weighted by molar-refractivity contribution is 5.24. The van der Waals surface area contributed by atoms with Crippen LogP contribution in [-0.4, -0.2) is 10.7 Å². The smallest absolute Gasteiger partial charge is 0.0855 e. The van der Waals surface area contributed by atoms with E-state index < -0.39 is 5.60 Å². The average molecular weight is 329 g/mol. The van der Waals surface area contributed by atoms with Crippen LogP contribution in [0.25, 0.3) is 0 Å². The zero-order valence-electron chi connectivity index (χ0n) is 15.9. The molecule has 0 heterocycles. The van der Waals surface area contributed by atoms with Crippen molar-refractivity contribution in [1.82, 2.24) is 0 Å². The summed E-state index contributed by atoms with van der Waals surface area (Å²) >= 11 is 0. The molecule has 1 heteroatoms. The van der Waals surface area contributed by atoms with Gasteiger partial charge in [-0.3, -0.25) is 0 Å². The van der Waals surface area contributed by atoms with Gasteiger partial charge in [-0.2, -0.15) is 0 Å². The zero-order valence-corrected chi connectivity index (χ0v) is 15.9. The van der Waals surface area contributed by atoms with Gasteiger partial charge in [-0.25, -0.2) is 0 Å². The fourth-order valence-corrected chi connectivity index (χ4v) is 6.11. The maximum Gasteiger partial charge on any atom is 0.0855 e. The Morgan fingerprint density at radius 1 is 1.29 bits per heavy atom. The van der Waals surface area contributed by atoms with Crippen LogP contribution in [0.3, 0.4) is 0 Å². The van der Waals surface area contributed by atoms with Crippen molar-refractivity contribution in [3.63, 3.8) is 0 Å². The standard InChI is InChI=1S/C23H36O/c1-5-7-8-9-10-14-23(4,24)22(3)16-19-17-12-13-18(15-17)21(19)20(22)11-6-2/h6,10,12-14,17-21,24H,2,5,7-9,11,15-16H2,1,3-4H3/b14-10+/t17-,18+,19-,20-,21+,22-,23-/m0/s1. The van der Waals surface area contributed by atoms with E-state index in [1.165, 1.54) is 25.7 Å². The highest BCUT2D eigenvalue weighted by Crippen LogP contribution is 2.67. The lowest BCUT2D eigenvalue weighted by Crippen LogP contribution is -2.46. The molecular weight excluding hydrogens is 292 g/mol. The van der Waals surface area contributed by atoms with Gasteiger partial charge in [0.05, 0.1) is 5.60 Å². The third kappa shape index (κ3) is 2.83. The predicted octanol–water partition coefficient (Wildman–Crippen LogP) is 5.91. The number of hydrogen-bond acceptors (Lipinski definition) is 1. The van der Waals surface area contributed by atoms with Crippen molar-refractivity contribution in [2.24, 2.45) is 35.0 Å². The van der Waals surface area contributed by atoms with Gasteiger partial charge < -0.3 is 5.11 Å². The van der Waals surface area contributed by atoms with Crippen molar-refractivity contribution in [1.29, 1.82) is 0 Å². The monoisotopic (exact) mass is 328 g/mol. The minimum atomic E-state index is -0.726. The minimum Gasteiger partial charge on any atom is -0.386 e. The molecule has 0 aromatic rings. The summed E-state index contributed by atoms with van der Waals surface area (Å²) in [5, 5.41) is 11.4. The van der Waals surface area contributed by atoms with Gasteiger partial charge in [-0.15, -0.1) is 6.58 Å². The first-order chi connectivity index (χ1) is 11.4. The highest BCUT2D eigenvalue weighted by atomic mass is 16.3. The summed E-state index contributed by atoms with van der Waals surface area (Å²) in [6.45, 7) is 10.7. The molecule has 0 saturated heterocycles. The van der Waals surface area contributed by atoms with E-state index in [0.717, 1.165) is 42.9 Å². The van der Waals surface area contributed by atoms with E-state index in [9.17, 15) is 5.11 Å². The number of aliphatic hydroxyl groups is 1. The van der Waals surface area contributed by atoms with Crippen LogP contribution in [0.15, 0.2) is 37.0 Å². The maximum absolute atomic E-state index is 11.4. The first-order valence-corrected chi connectivity index (χ1v) is 10.1. The van der Waals surface area contributed by atoms with E-state index in [-0.39, 0.29) is 5.41 Å². The van der Waals surface area contributed by atoms with Crippen LogP contribution in [-0.2, 0) is 0 Å². The van der Waals surface area contributed by atoms with Crippen LogP contribution in [0.4, 0.5) is 0 Å². The van der Waals surface area contributed by atoms with Gasteiger partial charge in [0.15, 0.2) is 0 Å². The van der Waals surface area contributed by atoms with Crippen molar-refractivity contribution < 1.29 is 5.11 Å². The summed E-state index contributed by atoms with van der Waals surface area (Å²) in [6.07, 6.45) is 19.8. The Morgan fingerprint density at radius 2 is 2.04 bits per heavy atom. The number of hydrogen-bond donors (Lipinski definition) is 1. The SMILES string of the molecule is C=CC[C@H]1[C@H]2[C@@H](C[C@]1(C)[C@@](C)(O)/C=C/CCCCC)[C@H]1C=C[C@@H]2C1. The maximum atomic E-state index is 11.4. The summed E-state index contributed by atoms with van der Waals surface area (Å²) in [6, 6.07) is 0. The summed E-state index contributed by atoms with van der Waals surface area (Å²) in [7, 11) is 0. The molecule has 0 unspecified atom stereocenters. The Bertz CT molecular complexity index is 514. The van der Waals surface area contributed by atoms with Crippen LogP contribution < -0.4 is 0 Å². The number of allylic oxidation sites excluding steroid dienone is 4. The third-order valence-corrected chi connectivity index (χ3v) is 7.62. The van der Waals surface area contributed by atoms with Crippen LogP contribution in [0.2, 0.25) is 0 Å². The lowest BCUT2D eigenvalue weighted by atomic mass is 9.63. The second-order valence-corrected chi connectivity index (χ2v) is 8.99. The molecule has 3 rings (SSSR count). The molecule has 0 aliphatic heterocycles. The van der Waals surface area contributed by atoms with Gasteiger partial charge in [0.25, 0.3) is 0 Å². The van der Waals surface area contributed by atoms with E-state index >= 15 is 0 Å². The van der Waals surface area contributed by atoms with Gasteiger partial charge in [0.1, 0.15) is 0 Å². The average Bonchev–Trinajstić information content (AvgIpc) is 3.20. The van der Waals surface area contributed by atoms with E-state index in [1.807, 2.05) is 0 Å². The lowest BCUT2D eigenvalue weighted by molar-refractivity contribution is -0.0527. The molecule has 3 aliphatic carbocycles. The molecule has 1 N–H and O–H groups in total. The van der Waals surface area contributed by atoms with Gasteiger partial charge in [-0.05, 0) is 68.6 Å². The van der Waals surface area contributed by atoms with Crippen molar-refractivity contribution in [2.45, 2.75) is 71.3 Å². The van der Waals surface area contributed by atoms with Crippen LogP contribution in [0.5, 0.6) is 0 Å². The molecule has 7 atom stereocenters. The molecule has 134 valence electrons. The first-order valence-electron chi connectivity index (χ1n) is 10.1. The normalized spacial score (nSPS) is 42.6. The van der Waals surface area contributed by atoms with Gasteiger partial charge >= 0.3 is 0 Å². The molecule has 24 heavy (non-hydrogen) atoms. The molecule has 2 fully saturated rings. The van der Waals surface area contributed by atoms with Gasteiger partial charge in [0.2, 0.25) is 0 Å². The van der Waals surface area contributed by atoms with Crippen molar-refractivity contribution in [2.75, 3.05) is 0 Å². The second-order valence-electron chi connectivity index (χ2n) is 8.99. The largest absolute Gasteiger partial charge is 0.386 e. The molecule has 0 aromatic carbocycles. The van der Waals surface area contributed by atoms with Crippen molar-refractivity contribution in [3.05, 3.63) is 37.0 Å². The van der Waals surface area contributed by atoms with Gasteiger partial charge in [-0.1, -0.05) is 57.1 Å². The highest BCUT2D eigenvalue weighted by Gasteiger charge is 2.62. The Hall–Kier alpha value is -0.820. The Kier molecular flexibility index (Phi) is 5.12. The van der Waals surface area contributed by atoms with Crippen molar-refractivity contribution >= 4 is 0 Å². The molecule has 2 saturated carbocycles. The number of unbranched alkanes of at least 4 members (excludes halogenated alkanes) is 3. The molecule has 2 bridgehead atoms. The molecule has 0 radical (unpaired) electrons. The fourth-order valence-electron chi connectivity index (χ4n) is 6.11. The molecule has 0 amide bonds. The second kappa shape index (κ2) is 6.83. The zero-order chi connectivity index (χ0) is 17.4. The molecular formula is C23H36O. The summed E-state index contributed by atoms with van der Waals surface area (Å²) < 4.78 is 0. The summed E-state index contributed by atoms with van der Waals surface area (Å²) in [5.74, 6) is 3.59. The summed E-state index contributed by atoms with van der Waals surface area (Å²) in [5.41, 5.74) is -0.766. The molecule has 0 aromatic heterocycles. The topological polar surface area (TPSA) is 20.2 Å². The fraction of sp³-hybridized carbons (Fsp3) is 0.739. The minimum absolute atomic E-state index is 0.0410. The van der Waals surface area contributed by atoms with Crippen LogP contribution in [0, 0.1) is 35.0 Å². The van der Waals surface area contributed by atoms with Crippen LogP contribution >= 0.6 is 0 Å². The number of rotatable bonds is 8. The molecule has 1 nitrogen and oxygen atoms in total. The van der Waals surface area contributed by atoms with Crippen LogP contribution in [0.1, 0.15) is 65.7 Å². The molecule has 3 aliphatic rings. The quantitative estimate of drug-likeness (QED) is 0.433. The van der Waals surface area contributed by atoms with Crippen molar-refractivity contribution in [3.8, 4) is 0 Å². The summed E-state index contributed by atoms with van der Waals surface area (Å²) in [4.78, 5) is 0. The van der Waals surface area contributed by atoms with E-state index in [1.54, 1.807) is 0 Å². The third-order valence-electron chi connectivity index (χ3n) is 7.62. The molecule has 0 spiro atoms. The van der Waals surface area contributed by atoms with E-state index in [0.29, 0.717) is 5.92 Å². The predicted molar refractivity (Wildman–Crippen MR) is 103 cm³/mol. The Labute approximate surface area is 148 Å².